The number of thioether (sulfide) groups is 1. The molecule has 2 saturated carbocycles. The van der Waals surface area contributed by atoms with Gasteiger partial charge in [-0.1, -0.05) is 29.0 Å². The van der Waals surface area contributed by atoms with Gasteiger partial charge in [-0.05, 0) is 97.3 Å². The first-order valence-corrected chi connectivity index (χ1v) is 17.8. The average Bonchev–Trinajstić information content (AvgIpc) is 3.81. The molecular formula is C35H30ClN3O7S2. The van der Waals surface area contributed by atoms with Crippen molar-refractivity contribution in [2.24, 2.45) is 29.6 Å². The molecule has 3 heterocycles. The van der Waals surface area contributed by atoms with E-state index in [0.717, 1.165) is 21.9 Å². The largest absolute Gasteiger partial charge is 0.508 e. The highest BCUT2D eigenvalue weighted by Crippen LogP contribution is 2.68. The molecule has 2 aliphatic heterocycles. The van der Waals surface area contributed by atoms with E-state index in [2.05, 4.69) is 10.3 Å². The highest BCUT2D eigenvalue weighted by Gasteiger charge is 2.69. The number of rotatable bonds is 8. The monoisotopic (exact) mass is 703 g/mol. The summed E-state index contributed by atoms with van der Waals surface area (Å²) in [6, 6.07) is 18.6. The number of thiazole rings is 1. The van der Waals surface area contributed by atoms with Crippen LogP contribution in [0.1, 0.15) is 29.7 Å². The Morgan fingerprint density at radius 1 is 0.979 bits per heavy atom. The molecule has 246 valence electrons. The molecule has 4 aromatic rings. The van der Waals surface area contributed by atoms with Gasteiger partial charge in [0.15, 0.2) is 18.1 Å². The minimum absolute atomic E-state index is 0.0103. The minimum atomic E-state index is -0.430. The zero-order chi connectivity index (χ0) is 33.3. The molecule has 4 aliphatic rings. The van der Waals surface area contributed by atoms with Crippen molar-refractivity contribution in [2.75, 3.05) is 23.4 Å². The number of amides is 3. The zero-order valence-corrected chi connectivity index (χ0v) is 27.9. The van der Waals surface area contributed by atoms with Crippen LogP contribution in [-0.4, -0.2) is 46.3 Å². The van der Waals surface area contributed by atoms with Crippen LogP contribution in [0.25, 0.3) is 0 Å². The van der Waals surface area contributed by atoms with Crippen LogP contribution in [0.15, 0.2) is 76.6 Å². The maximum absolute atomic E-state index is 14.0. The number of hydrogen-bond acceptors (Lipinski definition) is 9. The van der Waals surface area contributed by atoms with Gasteiger partial charge in [0.05, 0.1) is 29.2 Å². The Morgan fingerprint density at radius 3 is 2.44 bits per heavy atom. The van der Waals surface area contributed by atoms with Crippen LogP contribution >= 0.6 is 34.7 Å². The molecule has 3 aromatic carbocycles. The first-order chi connectivity index (χ1) is 23.2. The number of nitrogens with zero attached hydrogens (tertiary/aromatic N) is 1. The summed E-state index contributed by atoms with van der Waals surface area (Å²) >= 11 is 8.91. The third-order valence-corrected chi connectivity index (χ3v) is 12.8. The van der Waals surface area contributed by atoms with Crippen molar-refractivity contribution in [1.29, 1.82) is 0 Å². The fourth-order valence-electron chi connectivity index (χ4n) is 8.23. The van der Waals surface area contributed by atoms with E-state index in [9.17, 15) is 24.3 Å². The van der Waals surface area contributed by atoms with Gasteiger partial charge in [0.1, 0.15) is 5.75 Å². The van der Waals surface area contributed by atoms with Gasteiger partial charge in [0.2, 0.25) is 11.8 Å². The molecule has 10 nitrogen and oxygen atoms in total. The number of ether oxygens (including phenoxy) is 2. The van der Waals surface area contributed by atoms with Gasteiger partial charge in [0, 0.05) is 26.8 Å². The molecule has 0 spiro atoms. The number of aromatic hydroxyl groups is 1. The summed E-state index contributed by atoms with van der Waals surface area (Å²) in [6.45, 7) is 1.96. The molecule has 1 aromatic heterocycles. The number of phenolic OH excluding ortho intramolecular Hbond substituents is 1. The number of aromatic nitrogens is 1. The predicted octanol–water partition coefficient (Wildman–Crippen LogP) is 5.89. The van der Waals surface area contributed by atoms with Crippen LogP contribution in [0.3, 0.4) is 0 Å². The lowest BCUT2D eigenvalue weighted by molar-refractivity contribution is -0.123. The van der Waals surface area contributed by atoms with Crippen molar-refractivity contribution in [3.05, 3.63) is 91.9 Å². The summed E-state index contributed by atoms with van der Waals surface area (Å²) in [5.41, 5.74) is 1.98. The van der Waals surface area contributed by atoms with Crippen LogP contribution in [0.2, 0.25) is 5.02 Å². The number of anilines is 2. The third kappa shape index (κ3) is 5.08. The molecule has 2 aliphatic carbocycles. The lowest BCUT2D eigenvalue weighted by Gasteiger charge is -2.43. The van der Waals surface area contributed by atoms with Gasteiger partial charge in [-0.2, -0.15) is 0 Å². The number of H-pyrrole nitrogens is 1. The Kier molecular flexibility index (Phi) is 7.77. The van der Waals surface area contributed by atoms with E-state index >= 15 is 0 Å². The van der Waals surface area contributed by atoms with Crippen LogP contribution in [0.4, 0.5) is 11.4 Å². The van der Waals surface area contributed by atoms with Gasteiger partial charge < -0.3 is 24.9 Å². The number of hydrogen-bond donors (Lipinski definition) is 3. The Hall–Kier alpha value is -4.26. The number of phenols is 1. The lowest BCUT2D eigenvalue weighted by atomic mass is 9.68. The summed E-state index contributed by atoms with van der Waals surface area (Å²) in [4.78, 5) is 58.4. The molecule has 7 atom stereocenters. The average molecular weight is 704 g/mol. The number of carbonyl (C=O) groups is 3. The maximum atomic E-state index is 14.0. The second-order valence-corrected chi connectivity index (χ2v) is 15.1. The smallest absolute Gasteiger partial charge is 0.305 e. The third-order valence-electron chi connectivity index (χ3n) is 9.95. The number of aromatic amines is 1. The zero-order valence-electron chi connectivity index (χ0n) is 25.6. The van der Waals surface area contributed by atoms with Crippen molar-refractivity contribution < 1.29 is 29.0 Å². The molecular weight excluding hydrogens is 674 g/mol. The number of benzene rings is 3. The van der Waals surface area contributed by atoms with E-state index in [0.29, 0.717) is 34.5 Å². The van der Waals surface area contributed by atoms with Crippen molar-refractivity contribution in [2.45, 2.75) is 29.5 Å². The predicted molar refractivity (Wildman–Crippen MR) is 182 cm³/mol. The van der Waals surface area contributed by atoms with Crippen molar-refractivity contribution >= 4 is 63.8 Å². The van der Waals surface area contributed by atoms with Crippen LogP contribution in [0, 0.1) is 29.6 Å². The second kappa shape index (κ2) is 12.0. The van der Waals surface area contributed by atoms with Crippen molar-refractivity contribution in [3.8, 4) is 17.2 Å². The van der Waals surface area contributed by atoms with Crippen LogP contribution in [-0.2, 0) is 14.4 Å². The highest BCUT2D eigenvalue weighted by atomic mass is 35.5. The molecule has 1 saturated heterocycles. The van der Waals surface area contributed by atoms with Crippen molar-refractivity contribution in [3.63, 3.8) is 0 Å². The summed E-state index contributed by atoms with van der Waals surface area (Å²) < 4.78 is 11.9. The number of halogens is 1. The number of fused-ring (bicyclic) bond motifs is 9. The molecule has 2 bridgehead atoms. The fraction of sp³-hybridized carbons (Fsp3) is 0.314. The summed E-state index contributed by atoms with van der Waals surface area (Å²) in [6.07, 6.45) is 0.773. The fourth-order valence-corrected chi connectivity index (χ4v) is 11.2. The maximum Gasteiger partial charge on any atom is 0.305 e. The normalized spacial score (nSPS) is 26.6. The molecule has 0 unspecified atom stereocenters. The lowest BCUT2D eigenvalue weighted by Crippen LogP contribution is -2.42. The van der Waals surface area contributed by atoms with E-state index in [4.69, 9.17) is 21.1 Å². The Morgan fingerprint density at radius 2 is 1.71 bits per heavy atom. The van der Waals surface area contributed by atoms with E-state index in [1.54, 1.807) is 54.2 Å². The Labute approximate surface area is 288 Å². The molecule has 13 heteroatoms. The van der Waals surface area contributed by atoms with Gasteiger partial charge in [-0.3, -0.25) is 24.1 Å². The number of imide groups is 1. The van der Waals surface area contributed by atoms with E-state index in [1.165, 1.54) is 28.4 Å². The van der Waals surface area contributed by atoms with Gasteiger partial charge >= 0.3 is 4.87 Å². The highest BCUT2D eigenvalue weighted by molar-refractivity contribution is 8.00. The first-order valence-electron chi connectivity index (χ1n) is 15.7. The molecule has 48 heavy (non-hydrogen) atoms. The quantitative estimate of drug-likeness (QED) is 0.153. The molecule has 3 amide bonds. The number of nitrogens with one attached hydrogen (secondary N) is 2. The Bertz CT molecular complexity index is 2000. The summed E-state index contributed by atoms with van der Waals surface area (Å²) in [5, 5.41) is 13.6. The molecule has 3 N–H and O–H groups in total. The van der Waals surface area contributed by atoms with Crippen molar-refractivity contribution in [1.82, 2.24) is 4.98 Å². The van der Waals surface area contributed by atoms with Gasteiger partial charge in [-0.15, -0.1) is 11.8 Å². The van der Waals surface area contributed by atoms with Crippen LogP contribution in [0.5, 0.6) is 17.2 Å². The van der Waals surface area contributed by atoms with E-state index in [-0.39, 0.29) is 63.9 Å². The molecule has 8 rings (SSSR count). The van der Waals surface area contributed by atoms with E-state index < -0.39 is 11.8 Å². The number of carbonyl (C=O) groups excluding carboxylic acids is 3. The second-order valence-electron chi connectivity index (χ2n) is 12.5. The van der Waals surface area contributed by atoms with E-state index in [1.807, 2.05) is 19.1 Å². The van der Waals surface area contributed by atoms with Crippen LogP contribution < -0.4 is 24.6 Å². The topological polar surface area (TPSA) is 138 Å². The van der Waals surface area contributed by atoms with Gasteiger partial charge in [-0.25, -0.2) is 0 Å². The SMILES string of the molecule is CCOc1cc([C@@H]2c3sc(=O)[nH]c3S[C@@H]3[C@@H]4C[C@@H]([C@@H]5C(=O)N(c6ccc(Cl)cc6)C(=O)[C@@H]45)[C@H]23)ccc1OCC(=O)Nc1ccc(O)cc1. The summed E-state index contributed by atoms with van der Waals surface area (Å²) in [7, 11) is 0. The first kappa shape index (κ1) is 31.0. The standard InChI is InChI=1S/C35H30ClN3O7S2/c1-2-45-24-13-16(3-12-23(24)46-15-25(41)37-18-6-10-20(40)11-7-18)26-27-21-14-22(30(27)47-32-31(26)48-35(44)38-32)29-28(21)33(42)39(34(29)43)19-8-4-17(36)5-9-19/h3-13,21-22,26-30,40H,2,14-15H2,1H3,(H,37,41)(H,38,44)/t21-,22-,26+,27-,28+,29+,30-/m1/s1. The minimum Gasteiger partial charge on any atom is -0.508 e. The molecule has 0 radical (unpaired) electrons. The Balaban J connectivity index is 1.10. The van der Waals surface area contributed by atoms with Gasteiger partial charge in [0.25, 0.3) is 5.91 Å². The molecule has 3 fully saturated rings. The summed E-state index contributed by atoms with van der Waals surface area (Å²) in [5.74, 6) is -0.814.